The fourth-order valence-corrected chi connectivity index (χ4v) is 4.86. The number of hydrogen-bond acceptors (Lipinski definition) is 5. The van der Waals surface area contributed by atoms with Gasteiger partial charge in [0.1, 0.15) is 0 Å². The van der Waals surface area contributed by atoms with Crippen LogP contribution in [0.3, 0.4) is 0 Å². The van der Waals surface area contributed by atoms with Crippen molar-refractivity contribution in [1.82, 2.24) is 30.1 Å². The van der Waals surface area contributed by atoms with E-state index in [-0.39, 0.29) is 17.1 Å². The van der Waals surface area contributed by atoms with Crippen LogP contribution in [0.1, 0.15) is 80.2 Å². The molecule has 36 heavy (non-hydrogen) atoms. The zero-order valence-corrected chi connectivity index (χ0v) is 22.6. The molecule has 0 radical (unpaired) electrons. The number of H-pyrrole nitrogens is 1. The van der Waals surface area contributed by atoms with E-state index in [1.54, 1.807) is 0 Å². The molecule has 0 bridgehead atoms. The number of tetrazole rings is 1. The van der Waals surface area contributed by atoms with E-state index in [1.807, 2.05) is 17.7 Å². The van der Waals surface area contributed by atoms with E-state index in [0.29, 0.717) is 13.1 Å². The Kier molecular flexibility index (Phi) is 7.41. The molecular weight excluding hydrogens is 448 g/mol. The molecule has 2 aromatic heterocycles. The van der Waals surface area contributed by atoms with Gasteiger partial charge in [-0.3, -0.25) is 9.69 Å². The van der Waals surface area contributed by atoms with Crippen LogP contribution >= 0.6 is 0 Å². The number of fused-ring (bicyclic) bond motifs is 1. The van der Waals surface area contributed by atoms with Crippen LogP contribution in [0.25, 0.3) is 10.9 Å². The van der Waals surface area contributed by atoms with Crippen molar-refractivity contribution in [2.75, 3.05) is 0 Å². The minimum absolute atomic E-state index is 0.0494. The van der Waals surface area contributed by atoms with Crippen LogP contribution < -0.4 is 5.56 Å². The average Bonchev–Trinajstić information content (AvgIpc) is 3.32. The molecule has 2 aromatic carbocycles. The largest absolute Gasteiger partial charge is 0.321 e. The SMILES string of the molecule is CC[C@@H](c1nnnn1C(C)(C)CC)N(Cc1ccc(C)cc1)Cc1cc2cc(C)cc(C)c2[nH]c1=O. The van der Waals surface area contributed by atoms with Crippen molar-refractivity contribution < 1.29 is 0 Å². The molecule has 4 aromatic rings. The second-order valence-electron chi connectivity index (χ2n) is 10.6. The van der Waals surface area contributed by atoms with Gasteiger partial charge in [0.2, 0.25) is 0 Å². The first-order chi connectivity index (χ1) is 17.1. The highest BCUT2D eigenvalue weighted by Gasteiger charge is 2.31. The van der Waals surface area contributed by atoms with Crippen LogP contribution in [-0.4, -0.2) is 30.1 Å². The minimum Gasteiger partial charge on any atom is -0.321 e. The maximum Gasteiger partial charge on any atom is 0.252 e. The van der Waals surface area contributed by atoms with Gasteiger partial charge in [-0.15, -0.1) is 5.10 Å². The molecule has 0 saturated carbocycles. The fourth-order valence-electron chi connectivity index (χ4n) is 4.86. The molecule has 0 fully saturated rings. The molecule has 7 nitrogen and oxygen atoms in total. The van der Waals surface area contributed by atoms with Gasteiger partial charge in [0.15, 0.2) is 5.82 Å². The first-order valence-electron chi connectivity index (χ1n) is 12.8. The summed E-state index contributed by atoms with van der Waals surface area (Å²) in [4.78, 5) is 18.7. The predicted octanol–water partition coefficient (Wildman–Crippen LogP) is 5.74. The summed E-state index contributed by atoms with van der Waals surface area (Å²) < 4.78 is 1.96. The predicted molar refractivity (Wildman–Crippen MR) is 145 cm³/mol. The smallest absolute Gasteiger partial charge is 0.252 e. The van der Waals surface area contributed by atoms with Gasteiger partial charge in [-0.1, -0.05) is 55.3 Å². The van der Waals surface area contributed by atoms with Gasteiger partial charge in [-0.2, -0.15) is 0 Å². The van der Waals surface area contributed by atoms with Crippen molar-refractivity contribution in [2.45, 2.75) is 86.0 Å². The van der Waals surface area contributed by atoms with Gasteiger partial charge in [0.25, 0.3) is 5.56 Å². The number of pyridine rings is 1. The van der Waals surface area contributed by atoms with Gasteiger partial charge < -0.3 is 4.98 Å². The van der Waals surface area contributed by atoms with Crippen LogP contribution in [0.15, 0.2) is 47.3 Å². The van der Waals surface area contributed by atoms with Crippen molar-refractivity contribution in [1.29, 1.82) is 0 Å². The minimum atomic E-state index is -0.211. The average molecular weight is 487 g/mol. The summed E-state index contributed by atoms with van der Waals surface area (Å²) in [5.74, 6) is 0.834. The number of aryl methyl sites for hydroxylation is 3. The van der Waals surface area contributed by atoms with Crippen molar-refractivity contribution in [3.8, 4) is 0 Å². The Labute approximate surface area is 213 Å². The third-order valence-corrected chi connectivity index (χ3v) is 7.31. The van der Waals surface area contributed by atoms with Crippen molar-refractivity contribution in [2.24, 2.45) is 0 Å². The van der Waals surface area contributed by atoms with Gasteiger partial charge in [0.05, 0.1) is 17.1 Å². The Bertz CT molecular complexity index is 1400. The molecule has 0 aliphatic heterocycles. The maximum absolute atomic E-state index is 13.2. The van der Waals surface area contributed by atoms with E-state index in [1.165, 1.54) is 16.7 Å². The van der Waals surface area contributed by atoms with Crippen LogP contribution in [-0.2, 0) is 18.6 Å². The lowest BCUT2D eigenvalue weighted by Crippen LogP contribution is -2.36. The molecule has 0 spiro atoms. The fraction of sp³-hybridized carbons (Fsp3) is 0.448. The Morgan fingerprint density at radius 1 is 1.00 bits per heavy atom. The number of hydrogen-bond donors (Lipinski definition) is 1. The maximum atomic E-state index is 13.2. The van der Waals surface area contributed by atoms with Crippen molar-refractivity contribution in [3.63, 3.8) is 0 Å². The molecule has 4 rings (SSSR count). The highest BCUT2D eigenvalue weighted by atomic mass is 16.1. The Morgan fingerprint density at radius 3 is 2.39 bits per heavy atom. The number of aromatic nitrogens is 5. The van der Waals surface area contributed by atoms with Crippen LogP contribution in [0, 0.1) is 20.8 Å². The van der Waals surface area contributed by atoms with Crippen LogP contribution in [0.2, 0.25) is 0 Å². The summed E-state index contributed by atoms with van der Waals surface area (Å²) in [6.45, 7) is 16.0. The molecule has 1 N–H and O–H groups in total. The lowest BCUT2D eigenvalue weighted by Gasteiger charge is -2.33. The molecule has 1 atom stereocenters. The summed E-state index contributed by atoms with van der Waals surface area (Å²) in [7, 11) is 0. The molecule has 0 aliphatic carbocycles. The zero-order chi connectivity index (χ0) is 26.0. The quantitative estimate of drug-likeness (QED) is 0.326. The third kappa shape index (κ3) is 5.26. The van der Waals surface area contributed by atoms with Crippen LogP contribution in [0.5, 0.6) is 0 Å². The van der Waals surface area contributed by atoms with E-state index in [9.17, 15) is 4.79 Å². The lowest BCUT2D eigenvalue weighted by molar-refractivity contribution is 0.150. The van der Waals surface area contributed by atoms with Gasteiger partial charge in [-0.25, -0.2) is 4.68 Å². The Morgan fingerprint density at radius 2 is 1.72 bits per heavy atom. The molecular formula is C29H38N6O. The number of aromatic amines is 1. The monoisotopic (exact) mass is 486 g/mol. The van der Waals surface area contributed by atoms with E-state index < -0.39 is 0 Å². The number of nitrogens with zero attached hydrogens (tertiary/aromatic N) is 5. The number of nitrogens with one attached hydrogen (secondary N) is 1. The normalized spacial score (nSPS) is 13.0. The van der Waals surface area contributed by atoms with Crippen molar-refractivity contribution >= 4 is 10.9 Å². The zero-order valence-electron chi connectivity index (χ0n) is 22.6. The summed E-state index contributed by atoms with van der Waals surface area (Å²) in [6, 6.07) is 14.8. The summed E-state index contributed by atoms with van der Waals surface area (Å²) in [6.07, 6.45) is 1.72. The van der Waals surface area contributed by atoms with Gasteiger partial charge in [0, 0.05) is 18.7 Å². The highest BCUT2D eigenvalue weighted by molar-refractivity contribution is 5.82. The van der Waals surface area contributed by atoms with Crippen LogP contribution in [0.4, 0.5) is 0 Å². The standard InChI is InChI=1S/C29H38N6O/c1-8-25(27-31-32-33-35(27)29(6,7)9-2)34(17-22-12-10-19(3)11-13-22)18-24-16-23-15-20(4)14-21(5)26(23)30-28(24)36/h10-16,25H,8-9,17-18H2,1-7H3,(H,30,36)/t25-/m0/s1. The van der Waals surface area contributed by atoms with Gasteiger partial charge >= 0.3 is 0 Å². The lowest BCUT2D eigenvalue weighted by atomic mass is 10.0. The van der Waals surface area contributed by atoms with E-state index in [4.69, 9.17) is 0 Å². The molecule has 2 heterocycles. The number of rotatable bonds is 9. The number of benzene rings is 2. The first kappa shape index (κ1) is 25.8. The molecule has 7 heteroatoms. The molecule has 0 saturated heterocycles. The second-order valence-corrected chi connectivity index (χ2v) is 10.6. The Hall–Kier alpha value is -3.32. The van der Waals surface area contributed by atoms with E-state index >= 15 is 0 Å². The molecule has 0 aliphatic rings. The molecule has 190 valence electrons. The highest BCUT2D eigenvalue weighted by Crippen LogP contribution is 2.30. The van der Waals surface area contributed by atoms with Gasteiger partial charge in [-0.05, 0) is 86.5 Å². The Balaban J connectivity index is 1.79. The molecule has 0 unspecified atom stereocenters. The summed E-state index contributed by atoms with van der Waals surface area (Å²) in [5, 5.41) is 14.0. The first-order valence-corrected chi connectivity index (χ1v) is 12.8. The second kappa shape index (κ2) is 10.3. The third-order valence-electron chi connectivity index (χ3n) is 7.31. The van der Waals surface area contributed by atoms with E-state index in [2.05, 4.69) is 103 Å². The van der Waals surface area contributed by atoms with Crippen molar-refractivity contribution in [3.05, 3.63) is 86.5 Å². The summed E-state index contributed by atoms with van der Waals surface area (Å²) in [5.41, 5.74) is 6.06. The van der Waals surface area contributed by atoms with E-state index in [0.717, 1.165) is 40.7 Å². The summed E-state index contributed by atoms with van der Waals surface area (Å²) >= 11 is 0. The molecule has 0 amide bonds. The topological polar surface area (TPSA) is 79.7 Å².